The van der Waals surface area contributed by atoms with Crippen LogP contribution in [0, 0.1) is 0 Å². The van der Waals surface area contributed by atoms with E-state index in [1.807, 2.05) is 49.2 Å². The van der Waals surface area contributed by atoms with E-state index < -0.39 is 0 Å². The van der Waals surface area contributed by atoms with Gasteiger partial charge in [-0.1, -0.05) is 12.1 Å². The summed E-state index contributed by atoms with van der Waals surface area (Å²) >= 11 is 0. The van der Waals surface area contributed by atoms with Crippen LogP contribution in [0.15, 0.2) is 47.5 Å². The predicted molar refractivity (Wildman–Crippen MR) is 104 cm³/mol. The van der Waals surface area contributed by atoms with Crippen molar-refractivity contribution in [1.29, 1.82) is 0 Å². The van der Waals surface area contributed by atoms with Gasteiger partial charge in [-0.25, -0.2) is 4.99 Å². The molecule has 0 atom stereocenters. The van der Waals surface area contributed by atoms with Crippen LogP contribution in [0.5, 0.6) is 17.2 Å². The first-order chi connectivity index (χ1) is 12.6. The minimum atomic E-state index is 0.249. The summed E-state index contributed by atoms with van der Waals surface area (Å²) in [6.45, 7) is 3.93. The number of nitrogens with one attached hydrogen (secondary N) is 1. The lowest BCUT2D eigenvalue weighted by molar-refractivity contribution is 0.382. The number of benzene rings is 2. The molecule has 0 radical (unpaired) electrons. The number of ether oxygens (including phenoxy) is 2. The zero-order chi connectivity index (χ0) is 18.9. The van der Waals surface area contributed by atoms with Crippen molar-refractivity contribution in [2.45, 2.75) is 20.0 Å². The minimum Gasteiger partial charge on any atom is -0.508 e. The molecular weight excluding hydrogens is 330 g/mol. The highest BCUT2D eigenvalue weighted by Crippen LogP contribution is 2.25. The lowest BCUT2D eigenvalue weighted by Crippen LogP contribution is -2.38. The normalized spacial score (nSPS) is 11.2. The molecule has 2 aromatic rings. The van der Waals surface area contributed by atoms with Crippen molar-refractivity contribution in [2.75, 3.05) is 27.8 Å². The van der Waals surface area contributed by atoms with E-state index in [1.165, 1.54) is 0 Å². The molecule has 0 unspecified atom stereocenters. The Morgan fingerprint density at radius 3 is 2.62 bits per heavy atom. The number of hydrogen-bond donors (Lipinski definition) is 2. The van der Waals surface area contributed by atoms with Crippen LogP contribution in [-0.4, -0.2) is 43.8 Å². The van der Waals surface area contributed by atoms with Crippen LogP contribution in [0.2, 0.25) is 0 Å². The van der Waals surface area contributed by atoms with E-state index in [9.17, 15) is 5.11 Å². The largest absolute Gasteiger partial charge is 0.508 e. The van der Waals surface area contributed by atoms with Crippen LogP contribution < -0.4 is 14.8 Å². The zero-order valence-electron chi connectivity index (χ0n) is 15.8. The monoisotopic (exact) mass is 357 g/mol. The zero-order valence-corrected chi connectivity index (χ0v) is 15.8. The van der Waals surface area contributed by atoms with Crippen LogP contribution >= 0.6 is 0 Å². The van der Waals surface area contributed by atoms with E-state index in [2.05, 4.69) is 10.3 Å². The summed E-state index contributed by atoms with van der Waals surface area (Å²) < 4.78 is 10.7. The Balaban J connectivity index is 2.15. The Labute approximate surface area is 155 Å². The second-order valence-corrected chi connectivity index (χ2v) is 5.87. The predicted octanol–water partition coefficient (Wildman–Crippen LogP) is 3.01. The first kappa shape index (κ1) is 19.4. The Kier molecular flexibility index (Phi) is 7.14. The maximum Gasteiger partial charge on any atom is 0.194 e. The molecule has 26 heavy (non-hydrogen) atoms. The number of methoxy groups -OCH3 is 2. The number of phenols is 1. The van der Waals surface area contributed by atoms with E-state index >= 15 is 0 Å². The van der Waals surface area contributed by atoms with Crippen LogP contribution in [0.4, 0.5) is 0 Å². The number of hydrogen-bond acceptors (Lipinski definition) is 4. The number of aromatic hydroxyl groups is 1. The molecule has 0 heterocycles. The van der Waals surface area contributed by atoms with Gasteiger partial charge >= 0.3 is 0 Å². The molecule has 2 aromatic carbocycles. The molecule has 0 spiro atoms. The number of aliphatic imine (C=N–C) groups is 1. The van der Waals surface area contributed by atoms with Gasteiger partial charge in [0.25, 0.3) is 0 Å². The SMILES string of the molecule is CCNC(=NCc1cccc(O)c1)N(C)Cc1ccc(OC)cc1OC. The van der Waals surface area contributed by atoms with Crippen LogP contribution in [0.1, 0.15) is 18.1 Å². The summed E-state index contributed by atoms with van der Waals surface area (Å²) in [4.78, 5) is 6.70. The molecule has 6 nitrogen and oxygen atoms in total. The summed E-state index contributed by atoms with van der Waals surface area (Å²) in [5.74, 6) is 2.57. The van der Waals surface area contributed by atoms with Gasteiger partial charge in [0.15, 0.2) is 5.96 Å². The average Bonchev–Trinajstić information content (AvgIpc) is 2.65. The van der Waals surface area contributed by atoms with Crippen molar-refractivity contribution >= 4 is 5.96 Å². The summed E-state index contributed by atoms with van der Waals surface area (Å²) in [5.41, 5.74) is 1.99. The van der Waals surface area contributed by atoms with Crippen LogP contribution in [-0.2, 0) is 13.1 Å². The molecule has 2 rings (SSSR count). The first-order valence-electron chi connectivity index (χ1n) is 8.55. The van der Waals surface area contributed by atoms with E-state index in [4.69, 9.17) is 9.47 Å². The molecule has 0 amide bonds. The fourth-order valence-corrected chi connectivity index (χ4v) is 2.60. The van der Waals surface area contributed by atoms with E-state index in [0.29, 0.717) is 13.1 Å². The number of rotatable bonds is 7. The molecule has 0 fully saturated rings. The quantitative estimate of drug-likeness (QED) is 0.589. The number of nitrogens with zero attached hydrogens (tertiary/aromatic N) is 2. The Hall–Kier alpha value is -2.89. The van der Waals surface area contributed by atoms with Gasteiger partial charge in [0.1, 0.15) is 17.2 Å². The highest BCUT2D eigenvalue weighted by atomic mass is 16.5. The topological polar surface area (TPSA) is 66.3 Å². The fraction of sp³-hybridized carbons (Fsp3) is 0.350. The molecule has 0 bridgehead atoms. The number of guanidine groups is 1. The van der Waals surface area contributed by atoms with Crippen molar-refractivity contribution in [3.05, 3.63) is 53.6 Å². The van der Waals surface area contributed by atoms with Gasteiger partial charge in [-0.2, -0.15) is 0 Å². The molecular formula is C20H27N3O3. The molecule has 0 aliphatic heterocycles. The highest BCUT2D eigenvalue weighted by molar-refractivity contribution is 5.79. The first-order valence-corrected chi connectivity index (χ1v) is 8.55. The second kappa shape index (κ2) is 9.56. The highest BCUT2D eigenvalue weighted by Gasteiger charge is 2.11. The Morgan fingerprint density at radius 1 is 1.15 bits per heavy atom. The average molecular weight is 357 g/mol. The molecule has 0 aliphatic carbocycles. The molecule has 0 saturated carbocycles. The third-order valence-electron chi connectivity index (χ3n) is 3.92. The van der Waals surface area contributed by atoms with E-state index in [1.54, 1.807) is 26.4 Å². The van der Waals surface area contributed by atoms with Crippen molar-refractivity contribution < 1.29 is 14.6 Å². The maximum absolute atomic E-state index is 9.59. The summed E-state index contributed by atoms with van der Waals surface area (Å²) in [6, 6.07) is 12.9. The van der Waals surface area contributed by atoms with Gasteiger partial charge < -0.3 is 24.8 Å². The second-order valence-electron chi connectivity index (χ2n) is 5.87. The lowest BCUT2D eigenvalue weighted by atomic mass is 10.2. The van der Waals surface area contributed by atoms with Gasteiger partial charge in [0.05, 0.1) is 20.8 Å². The van der Waals surface area contributed by atoms with Gasteiger partial charge in [-0.15, -0.1) is 0 Å². The molecule has 0 saturated heterocycles. The third-order valence-corrected chi connectivity index (χ3v) is 3.92. The Morgan fingerprint density at radius 2 is 1.96 bits per heavy atom. The van der Waals surface area contributed by atoms with Crippen molar-refractivity contribution in [1.82, 2.24) is 10.2 Å². The van der Waals surface area contributed by atoms with Crippen molar-refractivity contribution in [3.8, 4) is 17.2 Å². The van der Waals surface area contributed by atoms with Crippen LogP contribution in [0.25, 0.3) is 0 Å². The van der Waals surface area contributed by atoms with E-state index in [-0.39, 0.29) is 5.75 Å². The summed E-state index contributed by atoms with van der Waals surface area (Å²) in [7, 11) is 5.27. The van der Waals surface area contributed by atoms with Crippen molar-refractivity contribution in [3.63, 3.8) is 0 Å². The van der Waals surface area contributed by atoms with Gasteiger partial charge in [-0.05, 0) is 36.8 Å². The van der Waals surface area contributed by atoms with Crippen molar-refractivity contribution in [2.24, 2.45) is 4.99 Å². The molecule has 0 aliphatic rings. The molecule has 6 heteroatoms. The minimum absolute atomic E-state index is 0.249. The van der Waals surface area contributed by atoms with Gasteiger partial charge in [-0.3, -0.25) is 0 Å². The number of phenolic OH excluding ortho intramolecular Hbond substituents is 1. The fourth-order valence-electron chi connectivity index (χ4n) is 2.60. The molecule has 2 N–H and O–H groups in total. The molecule has 140 valence electrons. The third kappa shape index (κ3) is 5.31. The van der Waals surface area contributed by atoms with E-state index in [0.717, 1.165) is 35.1 Å². The van der Waals surface area contributed by atoms with Crippen LogP contribution in [0.3, 0.4) is 0 Å². The Bertz CT molecular complexity index is 747. The summed E-state index contributed by atoms with van der Waals surface area (Å²) in [5, 5.41) is 12.9. The van der Waals surface area contributed by atoms with Gasteiger partial charge in [0.2, 0.25) is 0 Å². The smallest absolute Gasteiger partial charge is 0.194 e. The maximum atomic E-state index is 9.59. The summed E-state index contributed by atoms with van der Waals surface area (Å²) in [6.07, 6.45) is 0. The standard InChI is InChI=1S/C20H27N3O3/c1-5-21-20(22-13-15-7-6-8-17(24)11-15)23(2)14-16-9-10-18(25-3)12-19(16)26-4/h6-12,24H,5,13-14H2,1-4H3,(H,21,22). The van der Waals surface area contributed by atoms with Gasteiger partial charge in [0, 0.05) is 31.8 Å². The molecule has 0 aromatic heterocycles. The lowest BCUT2D eigenvalue weighted by Gasteiger charge is -2.23.